The Bertz CT molecular complexity index is 521. The van der Waals surface area contributed by atoms with Crippen molar-refractivity contribution in [1.29, 1.82) is 0 Å². The van der Waals surface area contributed by atoms with Gasteiger partial charge in [0, 0.05) is 26.2 Å². The Balaban J connectivity index is 2.03. The molecule has 17 heavy (non-hydrogen) atoms. The molecule has 3 heterocycles. The lowest BCUT2D eigenvalue weighted by Gasteiger charge is -2.27. The lowest BCUT2D eigenvalue weighted by atomic mass is 10.4. The van der Waals surface area contributed by atoms with E-state index >= 15 is 0 Å². The highest BCUT2D eigenvalue weighted by molar-refractivity contribution is 7.17. The summed E-state index contributed by atoms with van der Waals surface area (Å²) < 4.78 is 6.35. The molecular formula is C11H14N4OS. The van der Waals surface area contributed by atoms with Crippen molar-refractivity contribution in [2.24, 2.45) is 0 Å². The van der Waals surface area contributed by atoms with Gasteiger partial charge in [-0.25, -0.2) is 4.98 Å². The number of thiophene rings is 1. The van der Waals surface area contributed by atoms with E-state index in [0.717, 1.165) is 42.3 Å². The fraction of sp³-hybridized carbons (Fsp3) is 0.455. The summed E-state index contributed by atoms with van der Waals surface area (Å²) in [5.74, 6) is 1.45. The van der Waals surface area contributed by atoms with Crippen LogP contribution in [0.2, 0.25) is 0 Å². The third-order valence-corrected chi connectivity index (χ3v) is 3.75. The van der Waals surface area contributed by atoms with E-state index in [2.05, 4.69) is 20.2 Å². The lowest BCUT2D eigenvalue weighted by Crippen LogP contribution is -2.44. The van der Waals surface area contributed by atoms with Crippen LogP contribution < -0.4 is 15.0 Å². The Kier molecular flexibility index (Phi) is 2.82. The van der Waals surface area contributed by atoms with Gasteiger partial charge in [-0.05, 0) is 11.4 Å². The molecule has 2 aromatic rings. The molecule has 0 radical (unpaired) electrons. The van der Waals surface area contributed by atoms with Gasteiger partial charge in [0.25, 0.3) is 0 Å². The van der Waals surface area contributed by atoms with Crippen molar-refractivity contribution in [3.63, 3.8) is 0 Å². The maximum atomic E-state index is 5.33. The molecule has 0 aromatic carbocycles. The highest BCUT2D eigenvalue weighted by Crippen LogP contribution is 2.29. The molecule has 0 spiro atoms. The first-order valence-electron chi connectivity index (χ1n) is 5.63. The second kappa shape index (κ2) is 4.46. The monoisotopic (exact) mass is 250 g/mol. The standard InChI is InChI=1S/C11H14N4OS/c1-16-10-9-8(2-7-17-9)13-11(14-10)15-5-3-12-4-6-15/h2,7,12H,3-6H2,1H3. The molecule has 1 aliphatic rings. The van der Waals surface area contributed by atoms with Crippen LogP contribution in [0.15, 0.2) is 11.4 Å². The Morgan fingerprint density at radius 3 is 2.94 bits per heavy atom. The van der Waals surface area contributed by atoms with Crippen LogP contribution >= 0.6 is 11.3 Å². The Labute approximate surface area is 103 Å². The first-order chi connectivity index (χ1) is 8.38. The minimum Gasteiger partial charge on any atom is -0.480 e. The predicted molar refractivity (Wildman–Crippen MR) is 69.0 cm³/mol. The van der Waals surface area contributed by atoms with Gasteiger partial charge in [-0.3, -0.25) is 0 Å². The van der Waals surface area contributed by atoms with Crippen LogP contribution in [0.4, 0.5) is 5.95 Å². The van der Waals surface area contributed by atoms with Crippen molar-refractivity contribution in [1.82, 2.24) is 15.3 Å². The summed E-state index contributed by atoms with van der Waals surface area (Å²) in [5.41, 5.74) is 0.968. The first kappa shape index (κ1) is 10.7. The molecule has 1 saturated heterocycles. The number of nitrogens with one attached hydrogen (secondary N) is 1. The van der Waals surface area contributed by atoms with E-state index in [4.69, 9.17) is 4.74 Å². The molecule has 5 nitrogen and oxygen atoms in total. The fourth-order valence-electron chi connectivity index (χ4n) is 1.97. The average molecular weight is 250 g/mol. The second-order valence-corrected chi connectivity index (χ2v) is 4.82. The summed E-state index contributed by atoms with van der Waals surface area (Å²) in [4.78, 5) is 11.3. The number of hydrogen-bond acceptors (Lipinski definition) is 6. The van der Waals surface area contributed by atoms with E-state index in [0.29, 0.717) is 5.88 Å². The van der Waals surface area contributed by atoms with Crippen molar-refractivity contribution >= 4 is 27.5 Å². The zero-order chi connectivity index (χ0) is 11.7. The van der Waals surface area contributed by atoms with Gasteiger partial charge in [0.2, 0.25) is 11.8 Å². The van der Waals surface area contributed by atoms with Crippen molar-refractivity contribution < 1.29 is 4.74 Å². The topological polar surface area (TPSA) is 50.3 Å². The third kappa shape index (κ3) is 1.94. The summed E-state index contributed by atoms with van der Waals surface area (Å²) in [7, 11) is 1.66. The minimum absolute atomic E-state index is 0.679. The molecule has 0 unspecified atom stereocenters. The number of hydrogen-bond donors (Lipinski definition) is 1. The van der Waals surface area contributed by atoms with Gasteiger partial charge < -0.3 is 15.0 Å². The number of aromatic nitrogens is 2. The molecule has 3 rings (SSSR count). The molecule has 0 bridgehead atoms. The molecule has 0 saturated carbocycles. The van der Waals surface area contributed by atoms with E-state index < -0.39 is 0 Å². The number of fused-ring (bicyclic) bond motifs is 1. The molecule has 1 fully saturated rings. The largest absolute Gasteiger partial charge is 0.480 e. The van der Waals surface area contributed by atoms with Crippen LogP contribution in [0.25, 0.3) is 10.2 Å². The van der Waals surface area contributed by atoms with Crippen molar-refractivity contribution in [2.45, 2.75) is 0 Å². The van der Waals surface area contributed by atoms with E-state index in [1.54, 1.807) is 18.4 Å². The number of piperazine rings is 1. The number of methoxy groups -OCH3 is 1. The first-order valence-corrected chi connectivity index (χ1v) is 6.51. The van der Waals surface area contributed by atoms with E-state index in [1.807, 2.05) is 11.4 Å². The minimum atomic E-state index is 0.679. The SMILES string of the molecule is COc1nc(N2CCNCC2)nc2ccsc12. The molecular weight excluding hydrogens is 236 g/mol. The van der Waals surface area contributed by atoms with E-state index in [9.17, 15) is 0 Å². The number of nitrogens with zero attached hydrogens (tertiary/aromatic N) is 3. The van der Waals surface area contributed by atoms with Crippen molar-refractivity contribution in [3.05, 3.63) is 11.4 Å². The van der Waals surface area contributed by atoms with Gasteiger partial charge in [-0.1, -0.05) is 0 Å². The zero-order valence-corrected chi connectivity index (χ0v) is 10.5. The van der Waals surface area contributed by atoms with Gasteiger partial charge in [0.1, 0.15) is 4.70 Å². The third-order valence-electron chi connectivity index (χ3n) is 2.85. The van der Waals surface area contributed by atoms with Gasteiger partial charge in [-0.2, -0.15) is 4.98 Å². The highest BCUT2D eigenvalue weighted by Gasteiger charge is 2.16. The molecule has 0 aliphatic carbocycles. The second-order valence-electron chi connectivity index (χ2n) is 3.90. The predicted octanol–water partition coefficient (Wildman–Crippen LogP) is 1.11. The zero-order valence-electron chi connectivity index (χ0n) is 9.64. The number of rotatable bonds is 2. The molecule has 6 heteroatoms. The smallest absolute Gasteiger partial charge is 0.236 e. The number of ether oxygens (including phenoxy) is 1. The summed E-state index contributed by atoms with van der Waals surface area (Å²) in [5, 5.41) is 5.34. The summed E-state index contributed by atoms with van der Waals surface area (Å²) in [6, 6.07) is 2.01. The fourth-order valence-corrected chi connectivity index (χ4v) is 2.77. The molecule has 1 aliphatic heterocycles. The highest BCUT2D eigenvalue weighted by atomic mass is 32.1. The normalized spacial score (nSPS) is 16.4. The van der Waals surface area contributed by atoms with Crippen LogP contribution in [0, 0.1) is 0 Å². The Morgan fingerprint density at radius 2 is 2.18 bits per heavy atom. The van der Waals surface area contributed by atoms with Gasteiger partial charge >= 0.3 is 0 Å². The van der Waals surface area contributed by atoms with Crippen LogP contribution in [0.5, 0.6) is 5.88 Å². The van der Waals surface area contributed by atoms with E-state index in [-0.39, 0.29) is 0 Å². The molecule has 90 valence electrons. The van der Waals surface area contributed by atoms with Gasteiger partial charge in [0.15, 0.2) is 0 Å². The molecule has 0 atom stereocenters. The lowest BCUT2D eigenvalue weighted by molar-refractivity contribution is 0.403. The quantitative estimate of drug-likeness (QED) is 0.865. The van der Waals surface area contributed by atoms with Crippen molar-refractivity contribution in [2.75, 3.05) is 38.2 Å². The summed E-state index contributed by atoms with van der Waals surface area (Å²) in [6.45, 7) is 3.85. The number of anilines is 1. The van der Waals surface area contributed by atoms with Crippen LogP contribution in [-0.4, -0.2) is 43.3 Å². The van der Waals surface area contributed by atoms with Crippen LogP contribution in [-0.2, 0) is 0 Å². The van der Waals surface area contributed by atoms with Gasteiger partial charge in [-0.15, -0.1) is 11.3 Å². The summed E-state index contributed by atoms with van der Waals surface area (Å²) >= 11 is 1.61. The van der Waals surface area contributed by atoms with Crippen molar-refractivity contribution in [3.8, 4) is 5.88 Å². The van der Waals surface area contributed by atoms with Crippen LogP contribution in [0.3, 0.4) is 0 Å². The summed E-state index contributed by atoms with van der Waals surface area (Å²) in [6.07, 6.45) is 0. The Morgan fingerprint density at radius 1 is 1.35 bits per heavy atom. The van der Waals surface area contributed by atoms with Crippen LogP contribution in [0.1, 0.15) is 0 Å². The molecule has 1 N–H and O–H groups in total. The molecule has 2 aromatic heterocycles. The maximum Gasteiger partial charge on any atom is 0.236 e. The maximum absolute atomic E-state index is 5.33. The Hall–Kier alpha value is -1.40. The van der Waals surface area contributed by atoms with Gasteiger partial charge in [0.05, 0.1) is 12.6 Å². The average Bonchev–Trinajstić information content (AvgIpc) is 2.86. The van der Waals surface area contributed by atoms with E-state index in [1.165, 1.54) is 0 Å². The molecule has 0 amide bonds.